The molecule has 0 bridgehead atoms. The SMILES string of the molecule is Cc1noc(C)c1-c1ccc(Cc2cc(C(=O)NCC3CCCC[C@@H]3C)nc3ccccc23)cn1. The van der Waals surface area contributed by atoms with E-state index in [-0.39, 0.29) is 5.91 Å². The van der Waals surface area contributed by atoms with Gasteiger partial charge in [0.15, 0.2) is 0 Å². The zero-order valence-electron chi connectivity index (χ0n) is 20.7. The van der Waals surface area contributed by atoms with Gasteiger partial charge in [0.2, 0.25) is 0 Å². The fourth-order valence-corrected chi connectivity index (χ4v) is 5.27. The molecular formula is C29H32N4O2. The van der Waals surface area contributed by atoms with Crippen LogP contribution in [0.2, 0.25) is 0 Å². The summed E-state index contributed by atoms with van der Waals surface area (Å²) >= 11 is 0. The maximum atomic E-state index is 13.1. The quantitative estimate of drug-likeness (QED) is 0.373. The minimum atomic E-state index is -0.0957. The molecule has 3 heterocycles. The lowest BCUT2D eigenvalue weighted by molar-refractivity contribution is 0.0931. The van der Waals surface area contributed by atoms with Crippen LogP contribution in [0.3, 0.4) is 0 Å². The number of rotatable bonds is 6. The van der Waals surface area contributed by atoms with E-state index >= 15 is 0 Å². The van der Waals surface area contributed by atoms with Gasteiger partial charge in [-0.1, -0.05) is 55.6 Å². The highest BCUT2D eigenvalue weighted by Gasteiger charge is 2.22. The lowest BCUT2D eigenvalue weighted by Crippen LogP contribution is -2.33. The van der Waals surface area contributed by atoms with E-state index in [0.29, 0.717) is 24.0 Å². The van der Waals surface area contributed by atoms with Gasteiger partial charge in [-0.05, 0) is 67.9 Å². The van der Waals surface area contributed by atoms with Crippen molar-refractivity contribution in [2.45, 2.75) is 52.9 Å². The summed E-state index contributed by atoms with van der Waals surface area (Å²) in [6.07, 6.45) is 7.55. The molecule has 5 rings (SSSR count). The zero-order chi connectivity index (χ0) is 24.4. The third kappa shape index (κ3) is 4.97. The van der Waals surface area contributed by atoms with Gasteiger partial charge in [-0.25, -0.2) is 4.98 Å². The molecule has 35 heavy (non-hydrogen) atoms. The minimum Gasteiger partial charge on any atom is -0.361 e. The predicted molar refractivity (Wildman–Crippen MR) is 137 cm³/mol. The van der Waals surface area contributed by atoms with Crippen LogP contribution in [-0.4, -0.2) is 27.6 Å². The van der Waals surface area contributed by atoms with Gasteiger partial charge in [0.1, 0.15) is 11.5 Å². The van der Waals surface area contributed by atoms with Gasteiger partial charge in [0.05, 0.1) is 22.5 Å². The third-order valence-corrected chi connectivity index (χ3v) is 7.36. The summed E-state index contributed by atoms with van der Waals surface area (Å²) < 4.78 is 5.29. The average molecular weight is 469 g/mol. The van der Waals surface area contributed by atoms with Crippen LogP contribution in [0.5, 0.6) is 0 Å². The molecule has 6 heteroatoms. The molecule has 6 nitrogen and oxygen atoms in total. The van der Waals surface area contributed by atoms with E-state index in [1.807, 2.05) is 50.4 Å². The van der Waals surface area contributed by atoms with Gasteiger partial charge in [0.25, 0.3) is 5.91 Å². The third-order valence-electron chi connectivity index (χ3n) is 7.36. The van der Waals surface area contributed by atoms with Crippen LogP contribution in [0.4, 0.5) is 0 Å². The molecule has 1 aromatic carbocycles. The highest BCUT2D eigenvalue weighted by molar-refractivity contribution is 5.96. The molecule has 1 aliphatic carbocycles. The first-order valence-corrected chi connectivity index (χ1v) is 12.5. The predicted octanol–water partition coefficient (Wildman–Crippen LogP) is 6.05. The highest BCUT2D eigenvalue weighted by Crippen LogP contribution is 2.29. The van der Waals surface area contributed by atoms with E-state index in [2.05, 4.69) is 39.5 Å². The molecule has 0 aliphatic heterocycles. The minimum absolute atomic E-state index is 0.0957. The summed E-state index contributed by atoms with van der Waals surface area (Å²) in [6, 6.07) is 14.0. The number of aryl methyl sites for hydroxylation is 2. The normalized spacial score (nSPS) is 18.0. The second-order valence-corrected chi connectivity index (χ2v) is 9.84. The number of benzene rings is 1. The van der Waals surface area contributed by atoms with Crippen molar-refractivity contribution in [3.8, 4) is 11.3 Å². The first-order chi connectivity index (χ1) is 17.0. The van der Waals surface area contributed by atoms with Gasteiger partial charge in [-0.2, -0.15) is 0 Å². The van der Waals surface area contributed by atoms with Crippen molar-refractivity contribution < 1.29 is 9.32 Å². The average Bonchev–Trinajstić information content (AvgIpc) is 3.21. The van der Waals surface area contributed by atoms with Gasteiger partial charge in [-0.15, -0.1) is 0 Å². The fraction of sp³-hybridized carbons (Fsp3) is 0.379. The fourth-order valence-electron chi connectivity index (χ4n) is 5.27. The number of fused-ring (bicyclic) bond motifs is 1. The van der Waals surface area contributed by atoms with Gasteiger partial charge in [0, 0.05) is 18.1 Å². The van der Waals surface area contributed by atoms with Gasteiger partial charge in [-0.3, -0.25) is 9.78 Å². The van der Waals surface area contributed by atoms with Crippen LogP contribution < -0.4 is 5.32 Å². The standard InChI is InChI=1S/C29H32N4O2/c1-18-8-4-5-9-22(18)17-31-29(34)27-15-23(24-10-6-7-11-25(24)32-27)14-21-12-13-26(30-16-21)28-19(2)33-35-20(28)3/h6-7,10-13,15-16,18,22H,4-5,8-9,14,17H2,1-3H3,(H,31,34)/t18-,22?/m0/s1. The molecule has 0 saturated heterocycles. The largest absolute Gasteiger partial charge is 0.361 e. The van der Waals surface area contributed by atoms with Crippen LogP contribution in [0.15, 0.2) is 53.2 Å². The van der Waals surface area contributed by atoms with Gasteiger partial charge < -0.3 is 9.84 Å². The van der Waals surface area contributed by atoms with E-state index in [4.69, 9.17) is 4.52 Å². The second-order valence-electron chi connectivity index (χ2n) is 9.84. The molecule has 1 amide bonds. The van der Waals surface area contributed by atoms with Crippen molar-refractivity contribution in [1.82, 2.24) is 20.4 Å². The Labute approximate surface area is 206 Å². The van der Waals surface area contributed by atoms with Crippen molar-refractivity contribution in [1.29, 1.82) is 0 Å². The first kappa shape index (κ1) is 23.2. The number of carbonyl (C=O) groups is 1. The van der Waals surface area contributed by atoms with Crippen molar-refractivity contribution in [3.05, 3.63) is 76.9 Å². The number of hydrogen-bond donors (Lipinski definition) is 1. The van der Waals surface area contributed by atoms with E-state index in [1.165, 1.54) is 25.7 Å². The number of nitrogens with zero attached hydrogens (tertiary/aromatic N) is 3. The smallest absolute Gasteiger partial charge is 0.269 e. The molecule has 1 aliphatic rings. The Bertz CT molecular complexity index is 1320. The Hall–Kier alpha value is -3.54. The Kier molecular flexibility index (Phi) is 6.62. The lowest BCUT2D eigenvalue weighted by atomic mass is 9.80. The van der Waals surface area contributed by atoms with Crippen LogP contribution >= 0.6 is 0 Å². The topological polar surface area (TPSA) is 80.9 Å². The first-order valence-electron chi connectivity index (χ1n) is 12.5. The zero-order valence-corrected chi connectivity index (χ0v) is 20.7. The van der Waals surface area contributed by atoms with Gasteiger partial charge >= 0.3 is 0 Å². The summed E-state index contributed by atoms with van der Waals surface area (Å²) in [4.78, 5) is 22.4. The summed E-state index contributed by atoms with van der Waals surface area (Å²) in [7, 11) is 0. The van der Waals surface area contributed by atoms with Crippen molar-refractivity contribution in [2.75, 3.05) is 6.54 Å². The molecule has 2 atom stereocenters. The number of amides is 1. The van der Waals surface area contributed by atoms with Crippen LogP contribution in [0.25, 0.3) is 22.2 Å². The summed E-state index contributed by atoms with van der Waals surface area (Å²) in [5, 5.41) is 8.25. The summed E-state index contributed by atoms with van der Waals surface area (Å²) in [5.41, 5.74) is 6.07. The molecule has 0 radical (unpaired) electrons. The van der Waals surface area contributed by atoms with Crippen LogP contribution in [-0.2, 0) is 6.42 Å². The Balaban J connectivity index is 1.38. The maximum Gasteiger partial charge on any atom is 0.269 e. The number of aromatic nitrogens is 3. The molecule has 1 fully saturated rings. The molecule has 3 aromatic heterocycles. The van der Waals surface area contributed by atoms with E-state index in [1.54, 1.807) is 0 Å². The number of carbonyl (C=O) groups excluding carboxylic acids is 1. The lowest BCUT2D eigenvalue weighted by Gasteiger charge is -2.28. The molecule has 4 aromatic rings. The van der Waals surface area contributed by atoms with Crippen molar-refractivity contribution >= 4 is 16.8 Å². The molecule has 180 valence electrons. The number of para-hydroxylation sites is 1. The second kappa shape index (κ2) is 9.98. The van der Waals surface area contributed by atoms with Crippen molar-refractivity contribution in [3.63, 3.8) is 0 Å². The highest BCUT2D eigenvalue weighted by atomic mass is 16.5. The summed E-state index contributed by atoms with van der Waals surface area (Å²) in [5.74, 6) is 1.88. The number of pyridine rings is 2. The molecular weight excluding hydrogens is 436 g/mol. The van der Waals surface area contributed by atoms with Crippen LogP contribution in [0.1, 0.15) is 65.7 Å². The summed E-state index contributed by atoms with van der Waals surface area (Å²) in [6.45, 7) is 6.84. The molecule has 1 N–H and O–H groups in total. The Morgan fingerprint density at radius 2 is 1.94 bits per heavy atom. The molecule has 0 spiro atoms. The molecule has 1 saturated carbocycles. The van der Waals surface area contributed by atoms with E-state index in [9.17, 15) is 4.79 Å². The Morgan fingerprint density at radius 1 is 1.11 bits per heavy atom. The van der Waals surface area contributed by atoms with E-state index in [0.717, 1.165) is 51.3 Å². The number of hydrogen-bond acceptors (Lipinski definition) is 5. The van der Waals surface area contributed by atoms with Crippen LogP contribution in [0, 0.1) is 25.7 Å². The van der Waals surface area contributed by atoms with Crippen molar-refractivity contribution in [2.24, 2.45) is 11.8 Å². The maximum absolute atomic E-state index is 13.1. The number of nitrogens with one attached hydrogen (secondary N) is 1. The van der Waals surface area contributed by atoms with E-state index < -0.39 is 0 Å². The molecule has 1 unspecified atom stereocenters. The monoisotopic (exact) mass is 468 g/mol. The Morgan fingerprint density at radius 3 is 2.69 bits per heavy atom.